The van der Waals surface area contributed by atoms with Crippen molar-refractivity contribution in [1.82, 2.24) is 9.97 Å². The molecule has 24 heavy (non-hydrogen) atoms. The molecule has 0 saturated carbocycles. The van der Waals surface area contributed by atoms with E-state index in [9.17, 15) is 0 Å². The lowest BCUT2D eigenvalue weighted by molar-refractivity contribution is 0.519. The van der Waals surface area contributed by atoms with Gasteiger partial charge in [-0.15, -0.1) is 0 Å². The molecule has 0 unspecified atom stereocenters. The molecule has 3 aromatic rings. The lowest BCUT2D eigenvalue weighted by atomic mass is 10.1. The van der Waals surface area contributed by atoms with Gasteiger partial charge in [0.1, 0.15) is 17.1 Å². The number of benzene rings is 1. The Morgan fingerprint density at radius 2 is 1.92 bits per heavy atom. The van der Waals surface area contributed by atoms with Crippen LogP contribution in [0.3, 0.4) is 0 Å². The topological polar surface area (TPSA) is 42.2 Å². The Balaban J connectivity index is 1.68. The minimum atomic E-state index is 0.636. The quantitative estimate of drug-likeness (QED) is 0.548. The van der Waals surface area contributed by atoms with Gasteiger partial charge in [0.05, 0.1) is 6.20 Å². The molecular weight excluding hydrogens is 298 g/mol. The maximum Gasteiger partial charge on any atom is 0.245 e. The Bertz CT molecular complexity index is 767. The van der Waals surface area contributed by atoms with Crippen molar-refractivity contribution in [3.8, 4) is 0 Å². The van der Waals surface area contributed by atoms with Crippen LogP contribution in [0.25, 0.3) is 11.2 Å². The predicted octanol–water partition coefficient (Wildman–Crippen LogP) is 4.98. The Labute approximate surface area is 143 Å². The molecule has 0 radical (unpaired) electrons. The van der Waals surface area contributed by atoms with Crippen LogP contribution in [0.1, 0.15) is 43.9 Å². The molecule has 0 aliphatic heterocycles. The lowest BCUT2D eigenvalue weighted by Gasteiger charge is -2.17. The third-order valence-electron chi connectivity index (χ3n) is 4.21. The average Bonchev–Trinajstić information content (AvgIpc) is 3.01. The molecule has 126 valence electrons. The number of fused-ring (bicyclic) bond motifs is 1. The molecule has 0 N–H and O–H groups in total. The summed E-state index contributed by atoms with van der Waals surface area (Å²) in [4.78, 5) is 11.3. The number of hydrogen-bond donors (Lipinski definition) is 0. The summed E-state index contributed by atoms with van der Waals surface area (Å²) in [6.45, 7) is 3.03. The van der Waals surface area contributed by atoms with E-state index in [2.05, 4.69) is 41.1 Å². The molecule has 0 bridgehead atoms. The lowest BCUT2D eigenvalue weighted by Crippen LogP contribution is -2.17. The highest BCUT2D eigenvalue weighted by Gasteiger charge is 2.10. The second-order valence-corrected chi connectivity index (χ2v) is 6.28. The molecular formula is C20H25N3O. The van der Waals surface area contributed by atoms with Crippen molar-refractivity contribution in [1.29, 1.82) is 0 Å². The van der Waals surface area contributed by atoms with E-state index in [1.807, 2.05) is 19.2 Å². The Morgan fingerprint density at radius 1 is 1.08 bits per heavy atom. The fourth-order valence-electron chi connectivity index (χ4n) is 2.83. The SMILES string of the molecule is CCCCCCc1cc2nc(N(C)Cc3ccccc3)cnc2o1. The van der Waals surface area contributed by atoms with E-state index in [1.54, 1.807) is 6.20 Å². The van der Waals surface area contributed by atoms with Crippen LogP contribution in [0.4, 0.5) is 5.82 Å². The summed E-state index contributed by atoms with van der Waals surface area (Å²) in [6.07, 6.45) is 7.70. The van der Waals surface area contributed by atoms with E-state index in [-0.39, 0.29) is 0 Å². The summed E-state index contributed by atoms with van der Waals surface area (Å²) in [5.41, 5.74) is 2.74. The highest BCUT2D eigenvalue weighted by molar-refractivity contribution is 5.70. The molecule has 1 aromatic carbocycles. The number of furan rings is 1. The van der Waals surface area contributed by atoms with Crippen LogP contribution in [0.5, 0.6) is 0 Å². The zero-order chi connectivity index (χ0) is 16.8. The summed E-state index contributed by atoms with van der Waals surface area (Å²) in [7, 11) is 2.04. The van der Waals surface area contributed by atoms with E-state index in [0.29, 0.717) is 5.71 Å². The molecule has 3 rings (SSSR count). The second-order valence-electron chi connectivity index (χ2n) is 6.28. The average molecular weight is 323 g/mol. The van der Waals surface area contributed by atoms with Crippen molar-refractivity contribution in [2.24, 2.45) is 0 Å². The van der Waals surface area contributed by atoms with E-state index < -0.39 is 0 Å². The summed E-state index contributed by atoms with van der Waals surface area (Å²) in [5, 5.41) is 0. The molecule has 2 heterocycles. The van der Waals surface area contributed by atoms with Gasteiger partial charge in [0.2, 0.25) is 5.71 Å². The van der Waals surface area contributed by atoms with Crippen molar-refractivity contribution < 1.29 is 4.42 Å². The maximum absolute atomic E-state index is 5.81. The summed E-state index contributed by atoms with van der Waals surface area (Å²) in [6, 6.07) is 12.4. The van der Waals surface area contributed by atoms with Gasteiger partial charge in [-0.2, -0.15) is 0 Å². The number of anilines is 1. The number of aryl methyl sites for hydroxylation is 1. The summed E-state index contributed by atoms with van der Waals surface area (Å²) >= 11 is 0. The van der Waals surface area contributed by atoms with Crippen molar-refractivity contribution in [2.75, 3.05) is 11.9 Å². The third-order valence-corrected chi connectivity index (χ3v) is 4.21. The molecule has 0 aliphatic rings. The van der Waals surface area contributed by atoms with E-state index in [4.69, 9.17) is 9.40 Å². The molecule has 0 spiro atoms. The van der Waals surface area contributed by atoms with E-state index in [1.165, 1.54) is 24.8 Å². The minimum absolute atomic E-state index is 0.636. The first-order valence-electron chi connectivity index (χ1n) is 8.77. The van der Waals surface area contributed by atoms with Crippen molar-refractivity contribution >= 4 is 17.0 Å². The van der Waals surface area contributed by atoms with Crippen LogP contribution >= 0.6 is 0 Å². The van der Waals surface area contributed by atoms with Crippen LogP contribution in [0, 0.1) is 0 Å². The molecule has 0 fully saturated rings. The second kappa shape index (κ2) is 7.95. The standard InChI is InChI=1S/C20H25N3O/c1-3-4-5-9-12-17-13-18-20(24-17)21-14-19(22-18)23(2)15-16-10-7-6-8-11-16/h6-8,10-11,13-14H,3-5,9,12,15H2,1-2H3. The molecule has 4 nitrogen and oxygen atoms in total. The zero-order valence-corrected chi connectivity index (χ0v) is 14.5. The Morgan fingerprint density at radius 3 is 2.71 bits per heavy atom. The third kappa shape index (κ3) is 4.13. The largest absolute Gasteiger partial charge is 0.441 e. The molecule has 0 aliphatic carbocycles. The van der Waals surface area contributed by atoms with Gasteiger partial charge in [0.15, 0.2) is 0 Å². The number of hydrogen-bond acceptors (Lipinski definition) is 4. The highest BCUT2D eigenvalue weighted by atomic mass is 16.3. The summed E-state index contributed by atoms with van der Waals surface area (Å²) < 4.78 is 5.81. The Hall–Kier alpha value is -2.36. The molecule has 0 atom stereocenters. The summed E-state index contributed by atoms with van der Waals surface area (Å²) in [5.74, 6) is 1.86. The number of aromatic nitrogens is 2. The van der Waals surface area contributed by atoms with Gasteiger partial charge in [0, 0.05) is 26.1 Å². The molecule has 0 amide bonds. The van der Waals surface area contributed by atoms with E-state index in [0.717, 1.165) is 36.5 Å². The molecule has 0 saturated heterocycles. The molecule has 2 aromatic heterocycles. The first-order chi connectivity index (χ1) is 11.8. The van der Waals surface area contributed by atoms with Crippen molar-refractivity contribution in [3.05, 3.63) is 53.9 Å². The number of rotatable bonds is 8. The monoisotopic (exact) mass is 323 g/mol. The van der Waals surface area contributed by atoms with Gasteiger partial charge in [0.25, 0.3) is 0 Å². The fraction of sp³-hybridized carbons (Fsp3) is 0.400. The smallest absolute Gasteiger partial charge is 0.245 e. The van der Waals surface area contributed by atoms with Crippen LogP contribution in [-0.4, -0.2) is 17.0 Å². The van der Waals surface area contributed by atoms with Gasteiger partial charge in [-0.3, -0.25) is 0 Å². The predicted molar refractivity (Wildman–Crippen MR) is 98.2 cm³/mol. The zero-order valence-electron chi connectivity index (χ0n) is 14.5. The first kappa shape index (κ1) is 16.5. The van der Waals surface area contributed by atoms with Crippen LogP contribution in [0.2, 0.25) is 0 Å². The highest BCUT2D eigenvalue weighted by Crippen LogP contribution is 2.21. The van der Waals surface area contributed by atoms with Gasteiger partial charge >= 0.3 is 0 Å². The first-order valence-corrected chi connectivity index (χ1v) is 8.77. The van der Waals surface area contributed by atoms with Crippen LogP contribution < -0.4 is 4.90 Å². The normalized spacial score (nSPS) is 11.1. The minimum Gasteiger partial charge on any atom is -0.441 e. The maximum atomic E-state index is 5.81. The van der Waals surface area contributed by atoms with Crippen molar-refractivity contribution in [2.45, 2.75) is 45.6 Å². The fourth-order valence-corrected chi connectivity index (χ4v) is 2.83. The van der Waals surface area contributed by atoms with Gasteiger partial charge in [-0.1, -0.05) is 56.5 Å². The molecule has 4 heteroatoms. The Kier molecular flexibility index (Phi) is 5.47. The van der Waals surface area contributed by atoms with Gasteiger partial charge < -0.3 is 9.32 Å². The van der Waals surface area contributed by atoms with Crippen LogP contribution in [0.15, 0.2) is 47.0 Å². The number of unbranched alkanes of at least 4 members (excludes halogenated alkanes) is 3. The van der Waals surface area contributed by atoms with Crippen molar-refractivity contribution in [3.63, 3.8) is 0 Å². The van der Waals surface area contributed by atoms with Gasteiger partial charge in [-0.05, 0) is 12.0 Å². The van der Waals surface area contributed by atoms with E-state index >= 15 is 0 Å². The number of nitrogens with zero attached hydrogens (tertiary/aromatic N) is 3. The van der Waals surface area contributed by atoms with Crippen LogP contribution in [-0.2, 0) is 13.0 Å². The van der Waals surface area contributed by atoms with Gasteiger partial charge in [-0.25, -0.2) is 9.97 Å².